The first kappa shape index (κ1) is 16.3. The number of nitrogens with zero attached hydrogens (tertiary/aromatic N) is 1. The Morgan fingerprint density at radius 3 is 2.04 bits per heavy atom. The van der Waals surface area contributed by atoms with E-state index in [-0.39, 0.29) is 17.2 Å². The molecule has 2 atom stereocenters. The highest BCUT2D eigenvalue weighted by atomic mass is 16.4. The zero-order valence-corrected chi connectivity index (χ0v) is 15.1. The van der Waals surface area contributed by atoms with E-state index in [0.29, 0.717) is 13.1 Å². The molecule has 26 heavy (non-hydrogen) atoms. The van der Waals surface area contributed by atoms with Gasteiger partial charge in [-0.2, -0.15) is 0 Å². The molecule has 0 aromatic heterocycles. The maximum absolute atomic E-state index is 13.6. The first-order chi connectivity index (χ1) is 12.5. The maximum atomic E-state index is 13.6. The fourth-order valence-electron chi connectivity index (χ4n) is 6.97. The van der Waals surface area contributed by atoms with E-state index in [2.05, 4.69) is 0 Å². The fourth-order valence-corrected chi connectivity index (χ4v) is 6.97. The summed E-state index contributed by atoms with van der Waals surface area (Å²) in [5.74, 6) is 1.09. The molecular formula is C22H27NO3. The summed E-state index contributed by atoms with van der Waals surface area (Å²) in [4.78, 5) is 27.3. The Morgan fingerprint density at radius 2 is 1.50 bits per heavy atom. The van der Waals surface area contributed by atoms with Crippen LogP contribution in [0.3, 0.4) is 0 Å². The van der Waals surface area contributed by atoms with Crippen LogP contribution in [-0.2, 0) is 9.59 Å². The molecule has 1 amide bonds. The van der Waals surface area contributed by atoms with E-state index >= 15 is 0 Å². The number of hydrogen-bond acceptors (Lipinski definition) is 2. The van der Waals surface area contributed by atoms with Gasteiger partial charge in [0.1, 0.15) is 0 Å². The third kappa shape index (κ3) is 2.49. The Bertz CT molecular complexity index is 693. The van der Waals surface area contributed by atoms with Crippen molar-refractivity contribution in [3.63, 3.8) is 0 Å². The lowest BCUT2D eigenvalue weighted by atomic mass is 9.49. The maximum Gasteiger partial charge on any atom is 0.308 e. The lowest BCUT2D eigenvalue weighted by molar-refractivity contribution is -0.157. The van der Waals surface area contributed by atoms with Crippen LogP contribution in [0.15, 0.2) is 30.3 Å². The van der Waals surface area contributed by atoms with Crippen molar-refractivity contribution in [2.45, 2.75) is 44.4 Å². The van der Waals surface area contributed by atoms with Crippen LogP contribution in [0.1, 0.15) is 50.0 Å². The SMILES string of the molecule is O=C(O)C1CN(C(=O)C23CC4CC(CC(C4)C2)C3)CC1c1ccccc1. The smallest absolute Gasteiger partial charge is 0.308 e. The summed E-state index contributed by atoms with van der Waals surface area (Å²) in [6.07, 6.45) is 7.08. The van der Waals surface area contributed by atoms with Crippen LogP contribution in [0.5, 0.6) is 0 Å². The van der Waals surface area contributed by atoms with Gasteiger partial charge in [-0.05, 0) is 61.8 Å². The number of carbonyl (C=O) groups excluding carboxylic acids is 1. The van der Waals surface area contributed by atoms with Gasteiger partial charge >= 0.3 is 5.97 Å². The van der Waals surface area contributed by atoms with E-state index in [0.717, 1.165) is 42.6 Å². The number of likely N-dealkylation sites (tertiary alicyclic amines) is 1. The second-order valence-electron chi connectivity index (χ2n) is 9.37. The van der Waals surface area contributed by atoms with Gasteiger partial charge in [0.2, 0.25) is 5.91 Å². The van der Waals surface area contributed by atoms with Crippen molar-refractivity contribution in [3.05, 3.63) is 35.9 Å². The number of carboxylic acid groups (broad SMARTS) is 1. The van der Waals surface area contributed by atoms with Crippen LogP contribution < -0.4 is 0 Å². The molecule has 6 rings (SSSR count). The average Bonchev–Trinajstić information content (AvgIpc) is 3.06. The van der Waals surface area contributed by atoms with Crippen LogP contribution in [0.2, 0.25) is 0 Å². The summed E-state index contributed by atoms with van der Waals surface area (Å²) >= 11 is 0. The first-order valence-electron chi connectivity index (χ1n) is 10.1. The molecule has 138 valence electrons. The van der Waals surface area contributed by atoms with E-state index in [1.807, 2.05) is 35.2 Å². The monoisotopic (exact) mass is 353 g/mol. The van der Waals surface area contributed by atoms with E-state index in [1.165, 1.54) is 19.3 Å². The van der Waals surface area contributed by atoms with Gasteiger partial charge in [-0.1, -0.05) is 30.3 Å². The topological polar surface area (TPSA) is 57.6 Å². The Balaban J connectivity index is 1.40. The molecule has 4 aliphatic carbocycles. The van der Waals surface area contributed by atoms with Gasteiger partial charge in [0.25, 0.3) is 0 Å². The lowest BCUT2D eigenvalue weighted by Crippen LogP contribution is -2.54. The molecule has 5 fully saturated rings. The summed E-state index contributed by atoms with van der Waals surface area (Å²) < 4.78 is 0. The predicted octanol–water partition coefficient (Wildman–Crippen LogP) is 3.53. The highest BCUT2D eigenvalue weighted by Gasteiger charge is 2.56. The Labute approximate surface area is 154 Å². The summed E-state index contributed by atoms with van der Waals surface area (Å²) in [5, 5.41) is 9.74. The first-order valence-corrected chi connectivity index (χ1v) is 10.1. The van der Waals surface area contributed by atoms with Crippen LogP contribution >= 0.6 is 0 Å². The molecule has 1 aromatic rings. The summed E-state index contributed by atoms with van der Waals surface area (Å²) in [6, 6.07) is 9.86. The molecule has 4 bridgehead atoms. The van der Waals surface area contributed by atoms with Gasteiger partial charge in [0.15, 0.2) is 0 Å². The molecule has 1 saturated heterocycles. The number of aliphatic carboxylic acids is 1. The molecule has 4 nitrogen and oxygen atoms in total. The summed E-state index contributed by atoms with van der Waals surface area (Å²) in [5.41, 5.74) is 0.865. The molecule has 4 heteroatoms. The molecule has 1 heterocycles. The summed E-state index contributed by atoms with van der Waals surface area (Å²) in [7, 11) is 0. The molecule has 1 aromatic carbocycles. The number of benzene rings is 1. The van der Waals surface area contributed by atoms with Crippen LogP contribution in [0.4, 0.5) is 0 Å². The van der Waals surface area contributed by atoms with Gasteiger partial charge in [0.05, 0.1) is 11.3 Å². The second kappa shape index (κ2) is 5.83. The quantitative estimate of drug-likeness (QED) is 0.904. The minimum atomic E-state index is -0.778. The molecule has 1 aliphatic heterocycles. The van der Waals surface area contributed by atoms with E-state index < -0.39 is 11.9 Å². The second-order valence-corrected chi connectivity index (χ2v) is 9.37. The van der Waals surface area contributed by atoms with Gasteiger partial charge in [-0.3, -0.25) is 9.59 Å². The molecule has 2 unspecified atom stereocenters. The largest absolute Gasteiger partial charge is 0.481 e. The highest BCUT2D eigenvalue weighted by molar-refractivity contribution is 5.85. The number of amides is 1. The van der Waals surface area contributed by atoms with Gasteiger partial charge in [-0.25, -0.2) is 0 Å². The highest BCUT2D eigenvalue weighted by Crippen LogP contribution is 2.60. The van der Waals surface area contributed by atoms with Crippen molar-refractivity contribution in [2.75, 3.05) is 13.1 Å². The van der Waals surface area contributed by atoms with Crippen LogP contribution in [0.25, 0.3) is 0 Å². The third-order valence-corrected chi connectivity index (χ3v) is 7.64. The zero-order valence-electron chi connectivity index (χ0n) is 15.1. The molecular weight excluding hydrogens is 326 g/mol. The Hall–Kier alpha value is -1.84. The van der Waals surface area contributed by atoms with Crippen LogP contribution in [-0.4, -0.2) is 35.0 Å². The number of rotatable bonds is 3. The van der Waals surface area contributed by atoms with Gasteiger partial charge in [-0.15, -0.1) is 0 Å². The average molecular weight is 353 g/mol. The Kier molecular flexibility index (Phi) is 3.67. The van der Waals surface area contributed by atoms with Crippen molar-refractivity contribution in [3.8, 4) is 0 Å². The molecule has 0 spiro atoms. The summed E-state index contributed by atoms with van der Waals surface area (Å²) in [6.45, 7) is 0.928. The predicted molar refractivity (Wildman–Crippen MR) is 97.5 cm³/mol. The standard InChI is InChI=1S/C22H27NO3/c24-20(25)19-13-23(12-18(19)17-4-2-1-3-5-17)21(26)22-9-14-6-15(10-22)8-16(7-14)11-22/h1-5,14-16,18-19H,6-13H2,(H,24,25). The van der Waals surface area contributed by atoms with E-state index in [4.69, 9.17) is 0 Å². The van der Waals surface area contributed by atoms with Gasteiger partial charge < -0.3 is 10.0 Å². The Morgan fingerprint density at radius 1 is 0.923 bits per heavy atom. The number of carbonyl (C=O) groups is 2. The van der Waals surface area contributed by atoms with Crippen molar-refractivity contribution >= 4 is 11.9 Å². The van der Waals surface area contributed by atoms with Crippen molar-refractivity contribution in [2.24, 2.45) is 29.1 Å². The minimum Gasteiger partial charge on any atom is -0.481 e. The van der Waals surface area contributed by atoms with E-state index in [9.17, 15) is 14.7 Å². The molecule has 4 saturated carbocycles. The van der Waals surface area contributed by atoms with Gasteiger partial charge in [0, 0.05) is 19.0 Å². The van der Waals surface area contributed by atoms with Crippen molar-refractivity contribution in [1.29, 1.82) is 0 Å². The number of hydrogen-bond donors (Lipinski definition) is 1. The van der Waals surface area contributed by atoms with E-state index in [1.54, 1.807) is 0 Å². The fraction of sp³-hybridized carbons (Fsp3) is 0.636. The van der Waals surface area contributed by atoms with Crippen molar-refractivity contribution in [1.82, 2.24) is 4.90 Å². The molecule has 0 radical (unpaired) electrons. The lowest BCUT2D eigenvalue weighted by Gasteiger charge is -2.56. The molecule has 5 aliphatic rings. The zero-order chi connectivity index (χ0) is 17.9. The minimum absolute atomic E-state index is 0.0911. The van der Waals surface area contributed by atoms with Crippen LogP contribution in [0, 0.1) is 29.1 Å². The number of carboxylic acids is 1. The van der Waals surface area contributed by atoms with Crippen molar-refractivity contribution < 1.29 is 14.7 Å². The third-order valence-electron chi connectivity index (χ3n) is 7.64. The molecule has 1 N–H and O–H groups in total. The normalized spacial score (nSPS) is 40.8.